The van der Waals surface area contributed by atoms with E-state index in [1.165, 1.54) is 44.9 Å². The molecule has 0 aromatic carbocycles. The molecule has 0 aliphatic heterocycles. The second-order valence-electron chi connectivity index (χ2n) is 5.66. The zero-order chi connectivity index (χ0) is 11.4. The van der Waals surface area contributed by atoms with Gasteiger partial charge in [-0.05, 0) is 44.6 Å². The lowest BCUT2D eigenvalue weighted by Crippen LogP contribution is -2.39. The molecule has 2 saturated carbocycles. The van der Waals surface area contributed by atoms with Crippen LogP contribution in [0.1, 0.15) is 58.8 Å². The summed E-state index contributed by atoms with van der Waals surface area (Å²) in [5, 5.41) is 3.57. The van der Waals surface area contributed by atoms with E-state index in [0.29, 0.717) is 18.2 Å². The summed E-state index contributed by atoms with van der Waals surface area (Å²) in [5.74, 6) is 0.873. The van der Waals surface area contributed by atoms with E-state index in [-0.39, 0.29) is 0 Å². The minimum absolute atomic E-state index is 0.496. The predicted molar refractivity (Wildman–Crippen MR) is 67.6 cm³/mol. The van der Waals surface area contributed by atoms with Crippen molar-refractivity contribution in [3.8, 4) is 0 Å². The fourth-order valence-corrected chi connectivity index (χ4v) is 3.33. The summed E-state index contributed by atoms with van der Waals surface area (Å²) >= 11 is 0. The van der Waals surface area contributed by atoms with E-state index >= 15 is 0 Å². The molecule has 2 nitrogen and oxygen atoms in total. The van der Waals surface area contributed by atoms with Crippen molar-refractivity contribution >= 4 is 0 Å². The van der Waals surface area contributed by atoms with Crippen LogP contribution in [0.15, 0.2) is 0 Å². The summed E-state index contributed by atoms with van der Waals surface area (Å²) in [6.45, 7) is 5.63. The van der Waals surface area contributed by atoms with E-state index in [0.717, 1.165) is 12.5 Å². The Morgan fingerprint density at radius 3 is 2.69 bits per heavy atom. The van der Waals surface area contributed by atoms with Gasteiger partial charge in [0.15, 0.2) is 0 Å². The summed E-state index contributed by atoms with van der Waals surface area (Å²) in [6.07, 6.45) is 10.3. The minimum Gasteiger partial charge on any atom is -0.373 e. The highest BCUT2D eigenvalue weighted by Gasteiger charge is 2.30. The lowest BCUT2D eigenvalue weighted by molar-refractivity contribution is -0.0455. The maximum Gasteiger partial charge on any atom is 0.0731 e. The van der Waals surface area contributed by atoms with Gasteiger partial charge in [-0.25, -0.2) is 0 Å². The zero-order valence-corrected chi connectivity index (χ0v) is 10.9. The second kappa shape index (κ2) is 6.02. The summed E-state index contributed by atoms with van der Waals surface area (Å²) in [7, 11) is 0. The van der Waals surface area contributed by atoms with E-state index in [1.54, 1.807) is 0 Å². The highest BCUT2D eigenvalue weighted by Crippen LogP contribution is 2.30. The van der Waals surface area contributed by atoms with Gasteiger partial charge in [0.2, 0.25) is 0 Å². The van der Waals surface area contributed by atoms with Gasteiger partial charge >= 0.3 is 0 Å². The summed E-state index contributed by atoms with van der Waals surface area (Å²) in [4.78, 5) is 0. The molecule has 0 heterocycles. The van der Waals surface area contributed by atoms with Crippen molar-refractivity contribution in [1.29, 1.82) is 0 Å². The Balaban J connectivity index is 1.79. The average molecular weight is 225 g/mol. The average Bonchev–Trinajstić information content (AvgIpc) is 2.66. The molecule has 0 radical (unpaired) electrons. The second-order valence-corrected chi connectivity index (χ2v) is 5.66. The molecule has 2 aliphatic carbocycles. The van der Waals surface area contributed by atoms with Gasteiger partial charge in [0.1, 0.15) is 0 Å². The van der Waals surface area contributed by atoms with E-state index in [9.17, 15) is 0 Å². The fraction of sp³-hybridized carbons (Fsp3) is 1.00. The third kappa shape index (κ3) is 3.21. The lowest BCUT2D eigenvalue weighted by Gasteiger charge is -2.31. The molecule has 2 rings (SSSR count). The van der Waals surface area contributed by atoms with Crippen LogP contribution in [0.5, 0.6) is 0 Å². The number of ether oxygens (including phenoxy) is 1. The van der Waals surface area contributed by atoms with Crippen LogP contribution in [0.3, 0.4) is 0 Å². The van der Waals surface area contributed by atoms with E-state index in [2.05, 4.69) is 19.2 Å². The number of hydrogen-bond acceptors (Lipinski definition) is 2. The van der Waals surface area contributed by atoms with Crippen LogP contribution in [0.25, 0.3) is 0 Å². The molecule has 2 aliphatic rings. The molecule has 0 spiro atoms. The first-order chi connectivity index (χ1) is 7.79. The highest BCUT2D eigenvalue weighted by atomic mass is 16.5. The van der Waals surface area contributed by atoms with Crippen LogP contribution in [-0.4, -0.2) is 24.8 Å². The van der Waals surface area contributed by atoms with Gasteiger partial charge in [-0.3, -0.25) is 0 Å². The number of hydrogen-bond donors (Lipinski definition) is 1. The van der Waals surface area contributed by atoms with Crippen LogP contribution in [0.4, 0.5) is 0 Å². The quantitative estimate of drug-likeness (QED) is 0.794. The minimum atomic E-state index is 0.496. The first-order valence-corrected chi connectivity index (χ1v) is 7.18. The number of nitrogens with one attached hydrogen (secondary N) is 1. The van der Waals surface area contributed by atoms with Crippen molar-refractivity contribution in [3.63, 3.8) is 0 Å². The maximum absolute atomic E-state index is 6.33. The van der Waals surface area contributed by atoms with Crippen LogP contribution < -0.4 is 5.32 Å². The molecule has 94 valence electrons. The highest BCUT2D eigenvalue weighted by molar-refractivity contribution is 4.85. The summed E-state index contributed by atoms with van der Waals surface area (Å²) < 4.78 is 6.33. The van der Waals surface area contributed by atoms with E-state index < -0.39 is 0 Å². The van der Waals surface area contributed by atoms with Crippen LogP contribution in [0, 0.1) is 5.92 Å². The Hall–Kier alpha value is -0.0800. The lowest BCUT2D eigenvalue weighted by atomic mass is 9.88. The monoisotopic (exact) mass is 225 g/mol. The maximum atomic E-state index is 6.33. The van der Waals surface area contributed by atoms with Gasteiger partial charge in [0, 0.05) is 6.04 Å². The Labute approximate surface area is 100 Å². The molecule has 1 N–H and O–H groups in total. The molecule has 0 saturated heterocycles. The summed E-state index contributed by atoms with van der Waals surface area (Å²) in [5.41, 5.74) is 0. The molecular formula is C14H27NO. The third-order valence-electron chi connectivity index (χ3n) is 4.17. The van der Waals surface area contributed by atoms with Gasteiger partial charge in [-0.1, -0.05) is 26.7 Å². The van der Waals surface area contributed by atoms with Crippen molar-refractivity contribution in [2.75, 3.05) is 6.54 Å². The Morgan fingerprint density at radius 2 is 1.94 bits per heavy atom. The molecule has 4 unspecified atom stereocenters. The predicted octanol–water partition coefficient (Wildman–Crippen LogP) is 3.11. The Bertz CT molecular complexity index is 207. The van der Waals surface area contributed by atoms with Crippen LogP contribution in [-0.2, 0) is 4.74 Å². The normalized spacial score (nSPS) is 40.1. The molecule has 2 heteroatoms. The molecular weight excluding hydrogens is 198 g/mol. The van der Waals surface area contributed by atoms with Crippen molar-refractivity contribution in [2.24, 2.45) is 5.92 Å². The molecule has 0 amide bonds. The van der Waals surface area contributed by atoms with Gasteiger partial charge in [0.25, 0.3) is 0 Å². The van der Waals surface area contributed by atoms with E-state index in [4.69, 9.17) is 4.74 Å². The van der Waals surface area contributed by atoms with Gasteiger partial charge in [0.05, 0.1) is 12.2 Å². The van der Waals surface area contributed by atoms with Crippen molar-refractivity contribution in [3.05, 3.63) is 0 Å². The zero-order valence-electron chi connectivity index (χ0n) is 10.9. The molecule has 4 atom stereocenters. The number of rotatable bonds is 4. The molecule has 2 fully saturated rings. The van der Waals surface area contributed by atoms with Gasteiger partial charge in [-0.15, -0.1) is 0 Å². The van der Waals surface area contributed by atoms with Crippen molar-refractivity contribution in [1.82, 2.24) is 5.32 Å². The van der Waals surface area contributed by atoms with Crippen LogP contribution >= 0.6 is 0 Å². The van der Waals surface area contributed by atoms with Gasteiger partial charge < -0.3 is 10.1 Å². The van der Waals surface area contributed by atoms with Crippen molar-refractivity contribution in [2.45, 2.75) is 77.0 Å². The third-order valence-corrected chi connectivity index (χ3v) is 4.17. The largest absolute Gasteiger partial charge is 0.373 e. The van der Waals surface area contributed by atoms with Crippen LogP contribution in [0.2, 0.25) is 0 Å². The molecule has 0 bridgehead atoms. The summed E-state index contributed by atoms with van der Waals surface area (Å²) in [6, 6.07) is 0.627. The molecule has 0 aromatic heterocycles. The SMILES string of the molecule is CCNC1CCCC1OC1CCCC(C)C1. The first kappa shape index (κ1) is 12.4. The Kier molecular flexibility index (Phi) is 4.66. The van der Waals surface area contributed by atoms with Crippen molar-refractivity contribution < 1.29 is 4.74 Å². The number of likely N-dealkylation sites (N-methyl/N-ethyl adjacent to an activating group) is 1. The first-order valence-electron chi connectivity index (χ1n) is 7.18. The van der Waals surface area contributed by atoms with Gasteiger partial charge in [-0.2, -0.15) is 0 Å². The van der Waals surface area contributed by atoms with E-state index in [1.807, 2.05) is 0 Å². The molecule has 0 aromatic rings. The Morgan fingerprint density at radius 1 is 1.12 bits per heavy atom. The standard InChI is InChI=1S/C14H27NO/c1-3-15-13-8-5-9-14(13)16-12-7-4-6-11(2)10-12/h11-15H,3-10H2,1-2H3. The fourth-order valence-electron chi connectivity index (χ4n) is 3.33. The topological polar surface area (TPSA) is 21.3 Å². The molecule has 16 heavy (non-hydrogen) atoms. The smallest absolute Gasteiger partial charge is 0.0731 e.